The van der Waals surface area contributed by atoms with Gasteiger partial charge in [-0.3, -0.25) is 4.72 Å². The quantitative estimate of drug-likeness (QED) is 0.623. The van der Waals surface area contributed by atoms with Crippen LogP contribution in [0.25, 0.3) is 0 Å². The van der Waals surface area contributed by atoms with Crippen LogP contribution in [-0.4, -0.2) is 28.6 Å². The number of nitrogens with one attached hydrogen (secondary N) is 1. The molecule has 0 atom stereocenters. The first-order chi connectivity index (χ1) is 5.29. The van der Waals surface area contributed by atoms with Crippen molar-refractivity contribution < 1.29 is 9.90 Å². The number of carboxylic acid groups (broad SMARTS) is 1. The predicted molar refractivity (Wildman–Crippen MR) is 44.2 cm³/mol. The molecule has 0 aliphatic carbocycles. The molecule has 1 fully saturated rings. The largest absolute Gasteiger partial charge is 0.464 e. The second-order valence-electron chi connectivity index (χ2n) is 2.49. The van der Waals surface area contributed by atoms with Crippen LogP contribution in [0.5, 0.6) is 0 Å². The lowest BCUT2D eigenvalue weighted by atomic mass is 10.2. The number of nitrogens with zero attached hydrogens (tertiary/aromatic N) is 1. The summed E-state index contributed by atoms with van der Waals surface area (Å²) in [5.74, 6) is 0. The van der Waals surface area contributed by atoms with E-state index < -0.39 is 6.09 Å². The molecule has 0 bridgehead atoms. The standard InChI is InChI=1S/C6H12N2O2S/c9-6(10)7-11-8-4-2-1-3-5-8/h7H,1-5H2,(H,9,10). The Labute approximate surface area is 70.2 Å². The average Bonchev–Trinajstić information content (AvgIpc) is 2.03. The number of hydrogen-bond donors (Lipinski definition) is 2. The van der Waals surface area contributed by atoms with Gasteiger partial charge in [-0.05, 0) is 12.8 Å². The van der Waals surface area contributed by atoms with Gasteiger partial charge < -0.3 is 5.11 Å². The summed E-state index contributed by atoms with van der Waals surface area (Å²) in [6, 6.07) is 0. The molecule has 1 saturated heterocycles. The van der Waals surface area contributed by atoms with Crippen molar-refractivity contribution in [1.82, 2.24) is 9.03 Å². The van der Waals surface area contributed by atoms with Gasteiger partial charge in [0.2, 0.25) is 0 Å². The Morgan fingerprint density at radius 1 is 1.36 bits per heavy atom. The van der Waals surface area contributed by atoms with Gasteiger partial charge in [0.15, 0.2) is 0 Å². The van der Waals surface area contributed by atoms with E-state index in [9.17, 15) is 4.79 Å². The van der Waals surface area contributed by atoms with Gasteiger partial charge in [0.05, 0.1) is 0 Å². The fraction of sp³-hybridized carbons (Fsp3) is 0.833. The molecular weight excluding hydrogens is 164 g/mol. The van der Waals surface area contributed by atoms with Crippen LogP contribution in [0.2, 0.25) is 0 Å². The number of carbonyl (C=O) groups is 1. The first-order valence-corrected chi connectivity index (χ1v) is 4.47. The second-order valence-corrected chi connectivity index (χ2v) is 3.39. The van der Waals surface area contributed by atoms with Crippen LogP contribution in [0, 0.1) is 0 Å². The van der Waals surface area contributed by atoms with Gasteiger partial charge in [0.1, 0.15) is 0 Å². The molecule has 64 valence electrons. The van der Waals surface area contributed by atoms with Gasteiger partial charge in [-0.15, -0.1) is 0 Å². The average molecular weight is 176 g/mol. The molecule has 1 heterocycles. The Morgan fingerprint density at radius 2 is 2.00 bits per heavy atom. The normalized spacial score (nSPS) is 19.6. The molecule has 11 heavy (non-hydrogen) atoms. The van der Waals surface area contributed by atoms with E-state index in [-0.39, 0.29) is 0 Å². The van der Waals surface area contributed by atoms with E-state index in [1.54, 1.807) is 0 Å². The van der Waals surface area contributed by atoms with Gasteiger partial charge in [-0.25, -0.2) is 9.10 Å². The molecule has 5 heteroatoms. The minimum atomic E-state index is -0.972. The summed E-state index contributed by atoms with van der Waals surface area (Å²) >= 11 is 1.19. The molecule has 0 saturated carbocycles. The molecule has 0 aromatic rings. The van der Waals surface area contributed by atoms with E-state index in [1.807, 2.05) is 4.31 Å². The number of amides is 1. The topological polar surface area (TPSA) is 52.6 Å². The van der Waals surface area contributed by atoms with Gasteiger partial charge in [-0.1, -0.05) is 6.42 Å². The third kappa shape index (κ3) is 3.48. The fourth-order valence-corrected chi connectivity index (χ4v) is 1.71. The molecule has 0 aromatic heterocycles. The Morgan fingerprint density at radius 3 is 2.55 bits per heavy atom. The number of hydrogen-bond acceptors (Lipinski definition) is 3. The van der Waals surface area contributed by atoms with Crippen molar-refractivity contribution in [1.29, 1.82) is 0 Å². The highest BCUT2D eigenvalue weighted by Crippen LogP contribution is 2.14. The minimum Gasteiger partial charge on any atom is -0.464 e. The van der Waals surface area contributed by atoms with Gasteiger partial charge in [0.25, 0.3) is 0 Å². The third-order valence-electron chi connectivity index (χ3n) is 1.58. The zero-order chi connectivity index (χ0) is 8.10. The fourth-order valence-electron chi connectivity index (χ4n) is 1.06. The van der Waals surface area contributed by atoms with E-state index in [0.717, 1.165) is 13.1 Å². The maximum Gasteiger partial charge on any atom is 0.415 e. The van der Waals surface area contributed by atoms with Crippen LogP contribution in [0.1, 0.15) is 19.3 Å². The van der Waals surface area contributed by atoms with Crippen LogP contribution in [0.15, 0.2) is 0 Å². The summed E-state index contributed by atoms with van der Waals surface area (Å²) in [6.07, 6.45) is 2.65. The van der Waals surface area contributed by atoms with Crippen LogP contribution in [-0.2, 0) is 0 Å². The van der Waals surface area contributed by atoms with E-state index in [0.29, 0.717) is 0 Å². The second kappa shape index (κ2) is 4.46. The molecule has 1 amide bonds. The SMILES string of the molecule is O=C(O)NSN1CCCCC1. The van der Waals surface area contributed by atoms with Crippen molar-refractivity contribution in [3.05, 3.63) is 0 Å². The molecule has 2 N–H and O–H groups in total. The van der Waals surface area contributed by atoms with Crippen molar-refractivity contribution in [2.75, 3.05) is 13.1 Å². The molecule has 0 spiro atoms. The third-order valence-corrected chi connectivity index (χ3v) is 2.47. The van der Waals surface area contributed by atoms with E-state index in [4.69, 9.17) is 5.11 Å². The highest BCUT2D eigenvalue weighted by molar-refractivity contribution is 7.95. The molecular formula is C6H12N2O2S. The maximum absolute atomic E-state index is 10.1. The van der Waals surface area contributed by atoms with Gasteiger partial charge >= 0.3 is 6.09 Å². The lowest BCUT2D eigenvalue weighted by molar-refractivity contribution is 0.201. The summed E-state index contributed by atoms with van der Waals surface area (Å²) < 4.78 is 4.31. The molecule has 1 aliphatic heterocycles. The molecule has 0 radical (unpaired) electrons. The highest BCUT2D eigenvalue weighted by Gasteiger charge is 2.10. The molecule has 1 rings (SSSR count). The van der Waals surface area contributed by atoms with E-state index in [2.05, 4.69) is 4.72 Å². The molecule has 1 aliphatic rings. The van der Waals surface area contributed by atoms with Crippen molar-refractivity contribution in [3.8, 4) is 0 Å². The molecule has 0 unspecified atom stereocenters. The Bertz CT molecular complexity index is 137. The van der Waals surface area contributed by atoms with Crippen molar-refractivity contribution in [3.63, 3.8) is 0 Å². The highest BCUT2D eigenvalue weighted by atomic mass is 32.2. The van der Waals surface area contributed by atoms with Crippen molar-refractivity contribution in [2.45, 2.75) is 19.3 Å². The number of piperidine rings is 1. The summed E-state index contributed by atoms with van der Waals surface area (Å²) in [6.45, 7) is 1.98. The first kappa shape index (κ1) is 8.67. The lowest BCUT2D eigenvalue weighted by Gasteiger charge is -2.23. The van der Waals surface area contributed by atoms with Crippen LogP contribution >= 0.6 is 12.1 Å². The van der Waals surface area contributed by atoms with Crippen LogP contribution in [0.3, 0.4) is 0 Å². The monoisotopic (exact) mass is 176 g/mol. The van der Waals surface area contributed by atoms with Crippen molar-refractivity contribution in [2.24, 2.45) is 0 Å². The first-order valence-electron chi connectivity index (χ1n) is 3.70. The summed E-state index contributed by atoms with van der Waals surface area (Å²) in [5, 5.41) is 8.29. The maximum atomic E-state index is 10.1. The zero-order valence-electron chi connectivity index (χ0n) is 6.25. The smallest absolute Gasteiger partial charge is 0.415 e. The summed E-state index contributed by atoms with van der Waals surface area (Å²) in [7, 11) is 0. The van der Waals surface area contributed by atoms with Gasteiger partial charge in [0, 0.05) is 25.2 Å². The number of rotatable bonds is 2. The Hall–Kier alpha value is -0.420. The Kier molecular flexibility index (Phi) is 3.51. The van der Waals surface area contributed by atoms with Crippen molar-refractivity contribution >= 4 is 18.2 Å². The summed E-state index contributed by atoms with van der Waals surface area (Å²) in [5.41, 5.74) is 0. The minimum absolute atomic E-state index is 0.972. The van der Waals surface area contributed by atoms with Gasteiger partial charge in [-0.2, -0.15) is 0 Å². The zero-order valence-corrected chi connectivity index (χ0v) is 7.06. The Balaban J connectivity index is 2.09. The van der Waals surface area contributed by atoms with E-state index >= 15 is 0 Å². The summed E-state index contributed by atoms with van der Waals surface area (Å²) in [4.78, 5) is 10.1. The van der Waals surface area contributed by atoms with Crippen LogP contribution in [0.4, 0.5) is 4.79 Å². The molecule has 4 nitrogen and oxygen atoms in total. The van der Waals surface area contributed by atoms with Crippen LogP contribution < -0.4 is 4.72 Å². The van der Waals surface area contributed by atoms with E-state index in [1.165, 1.54) is 31.4 Å². The molecule has 0 aromatic carbocycles. The predicted octanol–water partition coefficient (Wildman–Crippen LogP) is 1.30. The lowest BCUT2D eigenvalue weighted by Crippen LogP contribution is -2.28.